The topological polar surface area (TPSA) is 70.4 Å². The first kappa shape index (κ1) is 16.1. The Bertz CT molecular complexity index is 522. The van der Waals surface area contributed by atoms with E-state index in [1.807, 2.05) is 0 Å². The molecular weight excluding hydrogens is 286 g/mol. The van der Waals surface area contributed by atoms with Crippen molar-refractivity contribution >= 4 is 28.9 Å². The minimum atomic E-state index is -1.08. The summed E-state index contributed by atoms with van der Waals surface area (Å²) in [5.74, 6) is -2.13. The monoisotopic (exact) mass is 302 g/mol. The van der Waals surface area contributed by atoms with Gasteiger partial charge in [-0.15, -0.1) is 0 Å². The molecule has 0 aliphatic carbocycles. The Balaban J connectivity index is 2.60. The lowest BCUT2D eigenvalue weighted by molar-refractivity contribution is 0.218. The molecule has 0 atom stereocenters. The van der Waals surface area contributed by atoms with Gasteiger partial charge >= 0.3 is 6.03 Å². The number of urea groups is 1. The first-order valence-corrected chi connectivity index (χ1v) is 6.22. The van der Waals surface area contributed by atoms with Gasteiger partial charge in [-0.1, -0.05) is 12.2 Å². The van der Waals surface area contributed by atoms with Gasteiger partial charge in [0.1, 0.15) is 4.99 Å². The fourth-order valence-electron chi connectivity index (χ4n) is 1.40. The number of amides is 2. The van der Waals surface area contributed by atoms with E-state index in [0.29, 0.717) is 0 Å². The molecule has 0 unspecified atom stereocenters. The van der Waals surface area contributed by atoms with Crippen molar-refractivity contribution in [1.82, 2.24) is 10.2 Å². The molecule has 0 radical (unpaired) electrons. The van der Waals surface area contributed by atoms with Gasteiger partial charge in [-0.25, -0.2) is 13.6 Å². The van der Waals surface area contributed by atoms with E-state index in [2.05, 4.69) is 22.9 Å². The van der Waals surface area contributed by atoms with Gasteiger partial charge in [0.25, 0.3) is 0 Å². The SMILES string of the molecule is CN(C)C(=O)NCCNc1ccc(C(N)=S)c(F)c1F. The molecule has 2 amide bonds. The number of hydrogen-bond donors (Lipinski definition) is 3. The van der Waals surface area contributed by atoms with Crippen molar-refractivity contribution in [1.29, 1.82) is 0 Å². The van der Waals surface area contributed by atoms with E-state index in [-0.39, 0.29) is 35.4 Å². The Hall–Kier alpha value is -1.96. The molecule has 0 fully saturated rings. The molecule has 0 bridgehead atoms. The van der Waals surface area contributed by atoms with Crippen LogP contribution in [0.4, 0.5) is 19.3 Å². The van der Waals surface area contributed by atoms with E-state index < -0.39 is 11.6 Å². The lowest BCUT2D eigenvalue weighted by Gasteiger charge is -2.13. The third-order valence-electron chi connectivity index (χ3n) is 2.47. The van der Waals surface area contributed by atoms with Crippen LogP contribution in [0.25, 0.3) is 0 Å². The zero-order valence-corrected chi connectivity index (χ0v) is 12.0. The van der Waals surface area contributed by atoms with Gasteiger partial charge in [0.15, 0.2) is 11.6 Å². The average Bonchev–Trinajstić information content (AvgIpc) is 2.38. The molecule has 1 aromatic rings. The molecule has 110 valence electrons. The van der Waals surface area contributed by atoms with Crippen LogP contribution in [0.3, 0.4) is 0 Å². The summed E-state index contributed by atoms with van der Waals surface area (Å²) in [4.78, 5) is 12.4. The fraction of sp³-hybridized carbons (Fsp3) is 0.333. The molecular formula is C12H16F2N4OS. The van der Waals surface area contributed by atoms with E-state index in [0.717, 1.165) is 0 Å². The molecule has 8 heteroatoms. The van der Waals surface area contributed by atoms with Crippen LogP contribution < -0.4 is 16.4 Å². The highest BCUT2D eigenvalue weighted by Crippen LogP contribution is 2.20. The molecule has 1 aromatic carbocycles. The van der Waals surface area contributed by atoms with Crippen molar-refractivity contribution in [3.63, 3.8) is 0 Å². The molecule has 5 nitrogen and oxygen atoms in total. The summed E-state index contributed by atoms with van der Waals surface area (Å²) in [7, 11) is 3.21. The number of carbonyl (C=O) groups is 1. The zero-order valence-electron chi connectivity index (χ0n) is 11.2. The molecule has 4 N–H and O–H groups in total. The molecule has 0 saturated heterocycles. The maximum Gasteiger partial charge on any atom is 0.316 e. The minimum absolute atomic E-state index is 0.0124. The van der Waals surface area contributed by atoms with Crippen LogP contribution in [0.2, 0.25) is 0 Å². The smallest absolute Gasteiger partial charge is 0.316 e. The predicted octanol–water partition coefficient (Wildman–Crippen LogP) is 1.28. The highest BCUT2D eigenvalue weighted by molar-refractivity contribution is 7.80. The third-order valence-corrected chi connectivity index (χ3v) is 2.69. The number of thiocarbonyl (C=S) groups is 1. The first-order chi connectivity index (χ1) is 9.34. The van der Waals surface area contributed by atoms with Gasteiger partial charge in [-0.05, 0) is 12.1 Å². The van der Waals surface area contributed by atoms with Crippen LogP contribution in [-0.2, 0) is 0 Å². The predicted molar refractivity (Wildman–Crippen MR) is 77.8 cm³/mol. The van der Waals surface area contributed by atoms with Crippen LogP contribution in [0.1, 0.15) is 5.56 Å². The summed E-state index contributed by atoms with van der Waals surface area (Å²) >= 11 is 4.61. The van der Waals surface area contributed by atoms with Gasteiger partial charge in [-0.3, -0.25) is 0 Å². The number of anilines is 1. The van der Waals surface area contributed by atoms with Gasteiger partial charge in [0, 0.05) is 32.7 Å². The zero-order chi connectivity index (χ0) is 15.3. The summed E-state index contributed by atoms with van der Waals surface area (Å²) in [6.45, 7) is 0.525. The number of nitrogens with two attached hydrogens (primary N) is 1. The maximum atomic E-state index is 13.7. The lowest BCUT2D eigenvalue weighted by atomic mass is 10.2. The molecule has 0 aliphatic heterocycles. The van der Waals surface area contributed by atoms with Crippen LogP contribution >= 0.6 is 12.2 Å². The first-order valence-electron chi connectivity index (χ1n) is 5.81. The molecule has 0 aliphatic rings. The molecule has 0 saturated carbocycles. The lowest BCUT2D eigenvalue weighted by Crippen LogP contribution is -2.37. The van der Waals surface area contributed by atoms with Crippen LogP contribution in [-0.4, -0.2) is 43.1 Å². The second-order valence-electron chi connectivity index (χ2n) is 4.21. The van der Waals surface area contributed by atoms with Gasteiger partial charge in [0.2, 0.25) is 0 Å². The van der Waals surface area contributed by atoms with E-state index in [4.69, 9.17) is 5.73 Å². The Morgan fingerprint density at radius 1 is 1.30 bits per heavy atom. The molecule has 1 rings (SSSR count). The van der Waals surface area contributed by atoms with Crippen molar-refractivity contribution in [2.45, 2.75) is 0 Å². The van der Waals surface area contributed by atoms with E-state index in [9.17, 15) is 13.6 Å². The van der Waals surface area contributed by atoms with Crippen molar-refractivity contribution in [2.24, 2.45) is 5.73 Å². The summed E-state index contributed by atoms with van der Waals surface area (Å²) in [6.07, 6.45) is 0. The Kier molecular flexibility index (Phi) is 5.63. The summed E-state index contributed by atoms with van der Waals surface area (Å²) < 4.78 is 27.3. The highest BCUT2D eigenvalue weighted by atomic mass is 32.1. The van der Waals surface area contributed by atoms with E-state index in [1.54, 1.807) is 14.1 Å². The van der Waals surface area contributed by atoms with E-state index >= 15 is 0 Å². The van der Waals surface area contributed by atoms with Gasteiger partial charge < -0.3 is 21.3 Å². The van der Waals surface area contributed by atoms with Gasteiger partial charge in [0.05, 0.1) is 5.69 Å². The summed E-state index contributed by atoms with van der Waals surface area (Å²) in [5, 5.41) is 5.27. The number of halogens is 2. The second kappa shape index (κ2) is 6.99. The third kappa shape index (κ3) is 4.02. The number of carbonyl (C=O) groups excluding carboxylic acids is 1. The molecule has 20 heavy (non-hydrogen) atoms. The Morgan fingerprint density at radius 3 is 2.50 bits per heavy atom. The number of rotatable bonds is 5. The second-order valence-corrected chi connectivity index (χ2v) is 4.65. The quantitative estimate of drug-likeness (QED) is 0.566. The Morgan fingerprint density at radius 2 is 1.95 bits per heavy atom. The largest absolute Gasteiger partial charge is 0.389 e. The number of hydrogen-bond acceptors (Lipinski definition) is 3. The fourth-order valence-corrected chi connectivity index (χ4v) is 1.56. The number of benzene rings is 1. The minimum Gasteiger partial charge on any atom is -0.389 e. The number of nitrogens with zero attached hydrogens (tertiary/aromatic N) is 1. The molecule has 0 spiro atoms. The van der Waals surface area contributed by atoms with Gasteiger partial charge in [-0.2, -0.15) is 0 Å². The highest BCUT2D eigenvalue weighted by Gasteiger charge is 2.14. The van der Waals surface area contributed by atoms with Crippen LogP contribution in [0, 0.1) is 11.6 Å². The van der Waals surface area contributed by atoms with Crippen molar-refractivity contribution in [2.75, 3.05) is 32.5 Å². The summed E-state index contributed by atoms with van der Waals surface area (Å²) in [6, 6.07) is 2.39. The molecule has 0 heterocycles. The summed E-state index contributed by atoms with van der Waals surface area (Å²) in [5.41, 5.74) is 5.12. The van der Waals surface area contributed by atoms with Crippen LogP contribution in [0.15, 0.2) is 12.1 Å². The maximum absolute atomic E-state index is 13.7. The molecule has 0 aromatic heterocycles. The Labute approximate surface area is 121 Å². The average molecular weight is 302 g/mol. The normalized spacial score (nSPS) is 10.0. The van der Waals surface area contributed by atoms with Crippen molar-refractivity contribution in [3.05, 3.63) is 29.3 Å². The van der Waals surface area contributed by atoms with E-state index in [1.165, 1.54) is 17.0 Å². The van der Waals surface area contributed by atoms with Crippen LogP contribution in [0.5, 0.6) is 0 Å². The van der Waals surface area contributed by atoms with Crippen molar-refractivity contribution in [3.8, 4) is 0 Å². The van der Waals surface area contributed by atoms with Crippen molar-refractivity contribution < 1.29 is 13.6 Å². The number of nitrogens with one attached hydrogen (secondary N) is 2. The standard InChI is InChI=1S/C12H16F2N4OS/c1-18(2)12(19)17-6-5-16-8-4-3-7(11(15)20)9(13)10(8)14/h3-4,16H,5-6H2,1-2H3,(H2,15,20)(H,17,19).